The predicted molar refractivity (Wildman–Crippen MR) is 437 cm³/mol. The van der Waals surface area contributed by atoms with Crippen LogP contribution in [0, 0.1) is 0 Å². The molecule has 38 heteroatoms. The van der Waals surface area contributed by atoms with Gasteiger partial charge in [0.25, 0.3) is 34.4 Å². The van der Waals surface area contributed by atoms with Gasteiger partial charge in [-0.25, -0.2) is 39.5 Å². The fraction of sp³-hybridized carbons (Fsp3) is 0.329. The summed E-state index contributed by atoms with van der Waals surface area (Å²) in [5.41, 5.74) is 5.56. The maximum absolute atomic E-state index is 13.3. The van der Waals surface area contributed by atoms with Gasteiger partial charge in [-0.3, -0.25) is 52.3 Å². The molecule has 2 unspecified atom stereocenters. The number of pyridine rings is 6. The second-order valence-electron chi connectivity index (χ2n) is 29.1. The number of hydrogen-bond donors (Lipinski definition) is 7. The Balaban J connectivity index is 0.000000151. The van der Waals surface area contributed by atoms with Gasteiger partial charge >= 0.3 is 12.2 Å². The Kier molecular flexibility index (Phi) is 25.4. The lowest BCUT2D eigenvalue weighted by Crippen LogP contribution is -2.51. The van der Waals surface area contributed by atoms with Crippen LogP contribution in [-0.2, 0) is 23.7 Å². The van der Waals surface area contributed by atoms with E-state index in [0.29, 0.717) is 51.8 Å². The number of ether oxygens (including phenoxy) is 5. The van der Waals surface area contributed by atoms with Crippen LogP contribution in [-0.4, -0.2) is 192 Å². The van der Waals surface area contributed by atoms with Gasteiger partial charge in [0.15, 0.2) is 16.9 Å². The SMILES string of the molecule is CNc1cc(Nc2cccn(-c3ccccn3)c2=O)nc2c(C(=O)NC3CC[C@H]3OC)cnn12.CO[C@@H]1CCC1NC(=O)c1cnn2c(N(C)C(=O)OC(C)(C)C)cc(Nc3cccn(-c4ccccn4)c3=O)nc12.CO[C@@H]1CC[C@H]1NC(=O)c1cnn2c(N(C)C(=O)OC(C)(C)C)cc(Cl)nc12.Nc1cccn(-c2ccccn2)c1=O. The van der Waals surface area contributed by atoms with Gasteiger partial charge in [-0.15, -0.1) is 0 Å². The molecular formula is C79H89ClN24O13. The number of amides is 5. The van der Waals surface area contributed by atoms with Gasteiger partial charge in [0.1, 0.15) is 91.0 Å². The Bertz CT molecular complexity index is 5780. The van der Waals surface area contributed by atoms with Gasteiger partial charge in [-0.1, -0.05) is 29.8 Å². The zero-order chi connectivity index (χ0) is 83.6. The summed E-state index contributed by atoms with van der Waals surface area (Å²) in [6.45, 7) is 10.6. The summed E-state index contributed by atoms with van der Waals surface area (Å²) in [6.07, 6.45) is 18.0. The summed E-state index contributed by atoms with van der Waals surface area (Å²) < 4.78 is 35.6. The molecule has 3 fully saturated rings. The molecule has 12 aromatic heterocycles. The van der Waals surface area contributed by atoms with Crippen molar-refractivity contribution >= 4 is 105 Å². The monoisotopic (exact) mass is 1620 g/mol. The molecule has 3 saturated carbocycles. The molecule has 8 N–H and O–H groups in total. The van der Waals surface area contributed by atoms with Crippen LogP contribution < -0.4 is 64.1 Å². The van der Waals surface area contributed by atoms with Crippen molar-refractivity contribution in [1.29, 1.82) is 0 Å². The molecule has 0 radical (unpaired) electrons. The summed E-state index contributed by atoms with van der Waals surface area (Å²) in [5.74, 6) is 2.38. The van der Waals surface area contributed by atoms with E-state index < -0.39 is 23.4 Å². The highest BCUT2D eigenvalue weighted by Crippen LogP contribution is 2.31. The molecule has 3 aliphatic carbocycles. The molecule has 0 bridgehead atoms. The number of halogens is 1. The quantitative estimate of drug-likeness (QED) is 0.0372. The largest absolute Gasteiger partial charge is 0.443 e. The Morgan fingerprint density at radius 3 is 1.21 bits per heavy atom. The highest BCUT2D eigenvalue weighted by molar-refractivity contribution is 6.30. The molecule has 12 heterocycles. The lowest BCUT2D eigenvalue weighted by atomic mass is 9.89. The molecule has 12 aromatic rings. The number of rotatable bonds is 19. The highest BCUT2D eigenvalue weighted by Gasteiger charge is 2.37. The Hall–Kier alpha value is -13.5. The highest BCUT2D eigenvalue weighted by atomic mass is 35.5. The molecule has 5 amide bonds. The average molecular weight is 1620 g/mol. The second kappa shape index (κ2) is 35.9. The lowest BCUT2D eigenvalue weighted by molar-refractivity contribution is 0.00731. The Morgan fingerprint density at radius 1 is 0.479 bits per heavy atom. The number of nitrogen functional groups attached to an aromatic ring is 1. The smallest absolute Gasteiger partial charge is 0.415 e. The third-order valence-electron chi connectivity index (χ3n) is 18.9. The average Bonchev–Trinajstić information content (AvgIpc) is 1.67. The summed E-state index contributed by atoms with van der Waals surface area (Å²) in [6, 6.07) is 30.5. The minimum atomic E-state index is -0.741. The first-order valence-corrected chi connectivity index (χ1v) is 37.5. The summed E-state index contributed by atoms with van der Waals surface area (Å²) in [5, 5.41) is 31.1. The molecule has 0 aromatic carbocycles. The predicted octanol–water partition coefficient (Wildman–Crippen LogP) is 8.74. The van der Waals surface area contributed by atoms with Crippen molar-refractivity contribution in [2.75, 3.05) is 74.0 Å². The van der Waals surface area contributed by atoms with Crippen LogP contribution in [0.15, 0.2) is 179 Å². The van der Waals surface area contributed by atoms with Crippen molar-refractivity contribution in [3.63, 3.8) is 0 Å². The van der Waals surface area contributed by atoms with Crippen LogP contribution in [0.3, 0.4) is 0 Å². The van der Waals surface area contributed by atoms with E-state index in [4.69, 9.17) is 41.0 Å². The minimum Gasteiger partial charge on any atom is -0.443 e. The van der Waals surface area contributed by atoms with Gasteiger partial charge in [0.2, 0.25) is 0 Å². The van der Waals surface area contributed by atoms with Crippen LogP contribution >= 0.6 is 11.6 Å². The molecule has 6 atom stereocenters. The van der Waals surface area contributed by atoms with Gasteiger partial charge in [-0.05, 0) is 153 Å². The van der Waals surface area contributed by atoms with Gasteiger partial charge < -0.3 is 61.3 Å². The number of hydrogen-bond acceptors (Lipinski definition) is 26. The van der Waals surface area contributed by atoms with Crippen molar-refractivity contribution < 1.29 is 47.7 Å². The molecule has 3 aliphatic rings. The fourth-order valence-electron chi connectivity index (χ4n) is 12.4. The van der Waals surface area contributed by atoms with Crippen LogP contribution in [0.1, 0.15) is 111 Å². The first-order valence-electron chi connectivity index (χ1n) is 37.2. The standard InChI is InChI=1S/C28H32N8O5.C23H24N8O3.C18H24ClN5O4.C10H9N3O/c1-28(2,3)41-27(39)34(4)23-15-21(31-19-9-8-14-35(26(19)38)22-10-6-7-13-29-22)33-24-17(16-30-36(23)24)25(37)32-18-11-12-20(18)40-5;1-24-20-12-18(27-16-6-5-11-30(23(16)33)19-7-3-4-10-25-19)29-21-14(13-26-31(20)21)22(32)28-15-8-9-17(15)34-2;1-18(2,3)28-17(26)23(4)14-8-13(19)22-15-10(9-20-24(14)15)16(25)21-11-6-7-12(11)27-5;11-8-4-3-7-13(10(8)14)9-5-1-2-6-12-9/h6-10,13-16,18,20H,11-12H2,1-5H3,(H,31,33)(H,32,37);3-7,10-13,15,17,24H,8-9H2,1-2H3,(H,27,29)(H,28,32);8-9,11-12H,6-7H2,1-5H3,(H,21,25);1-7H,11H2/t18?,20-;15?,17-;11-,12-;/m111./s1. The number of anilines is 8. The topological polar surface area (TPSA) is 431 Å². The maximum atomic E-state index is 13.3. The van der Waals surface area contributed by atoms with E-state index in [0.717, 1.165) is 38.5 Å². The molecule has 0 saturated heterocycles. The van der Waals surface area contributed by atoms with Crippen molar-refractivity contribution in [3.05, 3.63) is 218 Å². The molecule has 0 aliphatic heterocycles. The number of carbonyl (C=O) groups excluding carboxylic acids is 5. The van der Waals surface area contributed by atoms with E-state index in [-0.39, 0.29) is 121 Å². The number of fused-ring (bicyclic) bond motifs is 3. The number of nitrogens with two attached hydrogens (primary N) is 1. The third-order valence-corrected chi connectivity index (χ3v) is 19.1. The summed E-state index contributed by atoms with van der Waals surface area (Å²) in [7, 11) is 9.69. The molecule has 37 nitrogen and oxygen atoms in total. The molecule has 0 spiro atoms. The molecule has 117 heavy (non-hydrogen) atoms. The molecular weight excluding hydrogens is 1530 g/mol. The lowest BCUT2D eigenvalue weighted by Gasteiger charge is -2.35. The van der Waals surface area contributed by atoms with E-state index >= 15 is 0 Å². The maximum Gasteiger partial charge on any atom is 0.415 e. The second-order valence-corrected chi connectivity index (χ2v) is 29.5. The molecule has 15 rings (SSSR count). The number of aromatic nitrogens is 15. The number of nitrogens with one attached hydrogen (secondary N) is 6. The third kappa shape index (κ3) is 19.1. The van der Waals surface area contributed by atoms with Crippen molar-refractivity contribution in [2.24, 2.45) is 0 Å². The zero-order valence-corrected chi connectivity index (χ0v) is 66.9. The number of carbonyl (C=O) groups is 5. The number of nitrogens with zero attached hydrogens (tertiary/aromatic N) is 17. The first kappa shape index (κ1) is 82.9. The first-order chi connectivity index (χ1) is 56.0. The van der Waals surface area contributed by atoms with Gasteiger partial charge in [0.05, 0.1) is 60.7 Å². The minimum absolute atomic E-state index is 0.0104. The van der Waals surface area contributed by atoms with E-state index in [1.807, 2.05) is 12.1 Å². The zero-order valence-electron chi connectivity index (χ0n) is 66.2. The van der Waals surface area contributed by atoms with Crippen LogP contribution in [0.25, 0.3) is 34.4 Å². The van der Waals surface area contributed by atoms with Crippen LogP contribution in [0.4, 0.5) is 55.7 Å². The van der Waals surface area contributed by atoms with E-state index in [2.05, 4.69) is 77.1 Å². The molecule has 610 valence electrons. The van der Waals surface area contributed by atoms with Crippen molar-refractivity contribution in [3.8, 4) is 17.5 Å². The van der Waals surface area contributed by atoms with Crippen LogP contribution in [0.2, 0.25) is 5.15 Å². The van der Waals surface area contributed by atoms with E-state index in [1.165, 1.54) is 71.3 Å². The Labute approximate surface area is 674 Å². The number of methoxy groups -OCH3 is 3. The van der Waals surface area contributed by atoms with Crippen LogP contribution in [0.5, 0.6) is 0 Å². The van der Waals surface area contributed by atoms with E-state index in [1.54, 1.807) is 203 Å². The van der Waals surface area contributed by atoms with Gasteiger partial charge in [0, 0.05) is 97.9 Å². The fourth-order valence-corrected chi connectivity index (χ4v) is 12.6. The summed E-state index contributed by atoms with van der Waals surface area (Å²) in [4.78, 5) is 131. The van der Waals surface area contributed by atoms with Crippen molar-refractivity contribution in [1.82, 2.24) is 88.4 Å². The van der Waals surface area contributed by atoms with E-state index in [9.17, 15) is 38.4 Å². The van der Waals surface area contributed by atoms with Crippen molar-refractivity contribution in [2.45, 2.75) is 128 Å². The van der Waals surface area contributed by atoms with Gasteiger partial charge in [-0.2, -0.15) is 28.8 Å². The summed E-state index contributed by atoms with van der Waals surface area (Å²) >= 11 is 6.15. The normalized spacial score (nSPS) is 16.6. The Morgan fingerprint density at radius 2 is 0.846 bits per heavy atom.